The Balaban J connectivity index is 4.45. The monoisotopic (exact) mass is 548 g/mol. The number of allylic oxidation sites excluding steroid dienone is 3. The van der Waals surface area contributed by atoms with E-state index < -0.39 is 24.0 Å². The fourth-order valence-corrected chi connectivity index (χ4v) is 3.87. The van der Waals surface area contributed by atoms with E-state index in [2.05, 4.69) is 13.8 Å². The van der Waals surface area contributed by atoms with Crippen molar-refractivity contribution in [2.24, 2.45) is 0 Å². The summed E-state index contributed by atoms with van der Waals surface area (Å²) < 4.78 is 16.0. The van der Waals surface area contributed by atoms with Gasteiger partial charge in [-0.2, -0.15) is 0 Å². The van der Waals surface area contributed by atoms with Crippen LogP contribution in [0.1, 0.15) is 136 Å². The standard InChI is InChI=1S/C33H56O6/c1-4-7-10-12-14-16-18-20-23-26-32(35)38-29-30(28-37-31(34)25-22-9-6-3)39-33(36)27-24-21-19-17-15-13-11-8-5-2/h9,20-24,30H,4-8,10-19,25-29H2,1-3H3/b22-9-,23-20-,24-21-. The van der Waals surface area contributed by atoms with Crippen molar-refractivity contribution in [3.05, 3.63) is 36.5 Å². The third-order valence-corrected chi connectivity index (χ3v) is 6.20. The summed E-state index contributed by atoms with van der Waals surface area (Å²) in [5.74, 6) is -1.24. The average Bonchev–Trinajstić information content (AvgIpc) is 2.92. The minimum atomic E-state index is -0.834. The van der Waals surface area contributed by atoms with Crippen LogP contribution in [0.3, 0.4) is 0 Å². The van der Waals surface area contributed by atoms with Gasteiger partial charge in [-0.05, 0) is 32.1 Å². The van der Waals surface area contributed by atoms with E-state index in [4.69, 9.17) is 14.2 Å². The second-order valence-electron chi connectivity index (χ2n) is 10.0. The van der Waals surface area contributed by atoms with Crippen LogP contribution in [0, 0.1) is 0 Å². The first kappa shape index (κ1) is 36.6. The highest BCUT2D eigenvalue weighted by Crippen LogP contribution is 2.09. The topological polar surface area (TPSA) is 78.9 Å². The molecule has 39 heavy (non-hydrogen) atoms. The van der Waals surface area contributed by atoms with E-state index in [-0.39, 0.29) is 32.5 Å². The molecule has 224 valence electrons. The van der Waals surface area contributed by atoms with Crippen LogP contribution in [0.2, 0.25) is 0 Å². The maximum absolute atomic E-state index is 12.3. The van der Waals surface area contributed by atoms with Crippen LogP contribution in [-0.4, -0.2) is 37.2 Å². The normalized spacial score (nSPS) is 12.4. The molecular weight excluding hydrogens is 492 g/mol. The highest BCUT2D eigenvalue weighted by molar-refractivity contribution is 5.73. The third-order valence-electron chi connectivity index (χ3n) is 6.20. The summed E-state index contributed by atoms with van der Waals surface area (Å²) in [5.41, 5.74) is 0. The molecule has 0 aliphatic heterocycles. The van der Waals surface area contributed by atoms with E-state index in [1.54, 1.807) is 6.08 Å². The zero-order valence-electron chi connectivity index (χ0n) is 25.1. The lowest BCUT2D eigenvalue weighted by atomic mass is 10.1. The van der Waals surface area contributed by atoms with Crippen LogP contribution >= 0.6 is 0 Å². The first-order valence-corrected chi connectivity index (χ1v) is 15.5. The molecule has 0 heterocycles. The number of esters is 3. The van der Waals surface area contributed by atoms with Gasteiger partial charge in [0.05, 0.1) is 19.3 Å². The zero-order chi connectivity index (χ0) is 28.8. The molecule has 0 bridgehead atoms. The Labute approximate surface area is 238 Å². The Bertz CT molecular complexity index is 694. The van der Waals surface area contributed by atoms with Gasteiger partial charge >= 0.3 is 17.9 Å². The summed E-state index contributed by atoms with van der Waals surface area (Å²) in [5, 5.41) is 0. The number of ether oxygens (including phenoxy) is 3. The SMILES string of the molecule is CC/C=C\CC(=O)OCC(COC(=O)C/C=C\CCCCCCCC)OC(=O)C/C=C\CCCCCCCC. The molecule has 0 aromatic heterocycles. The predicted molar refractivity (Wildman–Crippen MR) is 159 cm³/mol. The average molecular weight is 549 g/mol. The van der Waals surface area contributed by atoms with Gasteiger partial charge in [0.1, 0.15) is 13.2 Å². The number of hydrogen-bond donors (Lipinski definition) is 0. The Kier molecular flexibility index (Phi) is 26.9. The third kappa shape index (κ3) is 27.0. The molecule has 0 fully saturated rings. The predicted octanol–water partition coefficient (Wildman–Crippen LogP) is 8.73. The highest BCUT2D eigenvalue weighted by Gasteiger charge is 2.18. The van der Waals surface area contributed by atoms with Crippen LogP contribution in [0.4, 0.5) is 0 Å². The molecule has 6 nitrogen and oxygen atoms in total. The number of carbonyl (C=O) groups is 3. The van der Waals surface area contributed by atoms with Gasteiger partial charge in [-0.15, -0.1) is 0 Å². The summed E-state index contributed by atoms with van der Waals surface area (Å²) in [7, 11) is 0. The van der Waals surface area contributed by atoms with Gasteiger partial charge in [-0.25, -0.2) is 0 Å². The van der Waals surface area contributed by atoms with Gasteiger partial charge in [0, 0.05) is 0 Å². The molecule has 1 atom stereocenters. The first-order chi connectivity index (χ1) is 19.0. The molecule has 0 saturated carbocycles. The molecule has 1 unspecified atom stereocenters. The lowest BCUT2D eigenvalue weighted by Crippen LogP contribution is -2.30. The molecule has 6 heteroatoms. The molecule has 0 spiro atoms. The van der Waals surface area contributed by atoms with Gasteiger partial charge in [0.2, 0.25) is 0 Å². The van der Waals surface area contributed by atoms with Crippen molar-refractivity contribution in [3.8, 4) is 0 Å². The maximum atomic E-state index is 12.3. The van der Waals surface area contributed by atoms with Gasteiger partial charge < -0.3 is 14.2 Å². The van der Waals surface area contributed by atoms with Crippen molar-refractivity contribution in [2.45, 2.75) is 142 Å². The van der Waals surface area contributed by atoms with Crippen molar-refractivity contribution in [1.29, 1.82) is 0 Å². The molecule has 0 amide bonds. The summed E-state index contributed by atoms with van der Waals surface area (Å²) in [6.07, 6.45) is 28.5. The van der Waals surface area contributed by atoms with Gasteiger partial charge in [0.25, 0.3) is 0 Å². The lowest BCUT2D eigenvalue weighted by Gasteiger charge is -2.17. The van der Waals surface area contributed by atoms with Gasteiger partial charge in [-0.1, -0.05) is 121 Å². The molecule has 0 aromatic carbocycles. The minimum Gasteiger partial charge on any atom is -0.461 e. The number of hydrogen-bond acceptors (Lipinski definition) is 6. The lowest BCUT2D eigenvalue weighted by molar-refractivity contribution is -0.165. The molecule has 0 N–H and O–H groups in total. The fraction of sp³-hybridized carbons (Fsp3) is 0.727. The second kappa shape index (κ2) is 28.6. The minimum absolute atomic E-state index is 0.134. The largest absolute Gasteiger partial charge is 0.461 e. The molecular formula is C33H56O6. The molecule has 0 radical (unpaired) electrons. The fourth-order valence-electron chi connectivity index (χ4n) is 3.87. The number of unbranched alkanes of at least 4 members (excludes halogenated alkanes) is 12. The smallest absolute Gasteiger partial charge is 0.310 e. The van der Waals surface area contributed by atoms with Crippen LogP contribution in [0.15, 0.2) is 36.5 Å². The van der Waals surface area contributed by atoms with E-state index in [1.807, 2.05) is 37.3 Å². The van der Waals surface area contributed by atoms with Crippen LogP contribution in [0.25, 0.3) is 0 Å². The quantitative estimate of drug-likeness (QED) is 0.0465. The van der Waals surface area contributed by atoms with Crippen molar-refractivity contribution >= 4 is 17.9 Å². The summed E-state index contributed by atoms with van der Waals surface area (Å²) in [6.45, 7) is 6.12. The molecule has 0 aliphatic carbocycles. The van der Waals surface area contributed by atoms with Crippen LogP contribution < -0.4 is 0 Å². The second-order valence-corrected chi connectivity index (χ2v) is 10.0. The van der Waals surface area contributed by atoms with Crippen molar-refractivity contribution < 1.29 is 28.6 Å². The molecule has 0 aliphatic rings. The Morgan fingerprint density at radius 2 is 0.923 bits per heavy atom. The summed E-state index contributed by atoms with van der Waals surface area (Å²) in [4.78, 5) is 36.5. The van der Waals surface area contributed by atoms with E-state index in [1.165, 1.54) is 64.2 Å². The first-order valence-electron chi connectivity index (χ1n) is 15.5. The summed E-state index contributed by atoms with van der Waals surface area (Å²) >= 11 is 0. The Hall–Kier alpha value is -2.37. The van der Waals surface area contributed by atoms with E-state index in [0.717, 1.165) is 32.1 Å². The molecule has 0 rings (SSSR count). The number of carbonyl (C=O) groups excluding carboxylic acids is 3. The zero-order valence-corrected chi connectivity index (χ0v) is 25.1. The van der Waals surface area contributed by atoms with Crippen molar-refractivity contribution in [2.75, 3.05) is 13.2 Å². The maximum Gasteiger partial charge on any atom is 0.310 e. The molecule has 0 saturated heterocycles. The van der Waals surface area contributed by atoms with E-state index >= 15 is 0 Å². The highest BCUT2D eigenvalue weighted by atomic mass is 16.6. The van der Waals surface area contributed by atoms with Crippen molar-refractivity contribution in [1.82, 2.24) is 0 Å². The van der Waals surface area contributed by atoms with Gasteiger partial charge in [0.15, 0.2) is 6.10 Å². The molecule has 0 aromatic rings. The van der Waals surface area contributed by atoms with Crippen LogP contribution in [0.5, 0.6) is 0 Å². The Morgan fingerprint density at radius 1 is 0.513 bits per heavy atom. The van der Waals surface area contributed by atoms with E-state index in [9.17, 15) is 14.4 Å². The van der Waals surface area contributed by atoms with Crippen molar-refractivity contribution in [3.63, 3.8) is 0 Å². The van der Waals surface area contributed by atoms with Gasteiger partial charge in [-0.3, -0.25) is 14.4 Å². The Morgan fingerprint density at radius 3 is 1.38 bits per heavy atom. The summed E-state index contributed by atoms with van der Waals surface area (Å²) in [6, 6.07) is 0. The van der Waals surface area contributed by atoms with E-state index in [0.29, 0.717) is 0 Å². The van der Waals surface area contributed by atoms with Crippen LogP contribution in [-0.2, 0) is 28.6 Å². The number of rotatable bonds is 26.